The number of nitrogens with zero attached hydrogens (tertiary/aromatic N) is 4. The summed E-state index contributed by atoms with van der Waals surface area (Å²) in [6, 6.07) is 11.6. The van der Waals surface area contributed by atoms with E-state index in [1.54, 1.807) is 32.7 Å². The van der Waals surface area contributed by atoms with Crippen LogP contribution in [-0.2, 0) is 17.8 Å². The number of hydrogen-bond acceptors (Lipinski definition) is 8. The van der Waals surface area contributed by atoms with E-state index in [1.165, 1.54) is 11.1 Å². The summed E-state index contributed by atoms with van der Waals surface area (Å²) in [4.78, 5) is 20.8. The molecule has 0 atom stereocenters. The second-order valence-corrected chi connectivity index (χ2v) is 7.41. The Labute approximate surface area is 191 Å². The number of fused-ring (bicyclic) bond motifs is 1. The van der Waals surface area contributed by atoms with Crippen molar-refractivity contribution in [1.82, 2.24) is 15.0 Å². The van der Waals surface area contributed by atoms with Gasteiger partial charge in [0.2, 0.25) is 5.95 Å². The van der Waals surface area contributed by atoms with Crippen LogP contribution in [-0.4, -0.2) is 41.3 Å². The average Bonchev–Trinajstić information content (AvgIpc) is 2.83. The number of carbonyl (C=O) groups excluding carboxylic acids is 1. The maximum atomic E-state index is 12.8. The second kappa shape index (κ2) is 9.39. The van der Waals surface area contributed by atoms with Crippen molar-refractivity contribution in [3.05, 3.63) is 76.5 Å². The van der Waals surface area contributed by atoms with Crippen LogP contribution in [0.1, 0.15) is 27.8 Å². The first-order valence-electron chi connectivity index (χ1n) is 10.2. The highest BCUT2D eigenvalue weighted by atomic mass is 16.5. The van der Waals surface area contributed by atoms with Gasteiger partial charge in [0.05, 0.1) is 27.0 Å². The van der Waals surface area contributed by atoms with Gasteiger partial charge in [-0.2, -0.15) is 10.1 Å². The minimum absolute atomic E-state index is 0.119. The summed E-state index contributed by atoms with van der Waals surface area (Å²) < 4.78 is 11.0. The van der Waals surface area contributed by atoms with Gasteiger partial charge in [0, 0.05) is 29.8 Å². The van der Waals surface area contributed by atoms with Crippen LogP contribution in [0.3, 0.4) is 0 Å². The number of anilines is 2. The molecule has 0 spiro atoms. The summed E-state index contributed by atoms with van der Waals surface area (Å²) in [7, 11) is 3.11. The fraction of sp³-hybridized carbons (Fsp3) is 0.167. The van der Waals surface area contributed by atoms with Crippen molar-refractivity contribution < 1.29 is 14.3 Å². The van der Waals surface area contributed by atoms with Crippen LogP contribution in [0.2, 0.25) is 0 Å². The van der Waals surface area contributed by atoms with Gasteiger partial charge in [-0.25, -0.2) is 9.99 Å². The first kappa shape index (κ1) is 21.8. The highest BCUT2D eigenvalue weighted by Crippen LogP contribution is 2.34. The normalized spacial score (nSPS) is 12.6. The zero-order valence-corrected chi connectivity index (χ0v) is 18.4. The molecule has 1 aromatic heterocycles. The maximum Gasteiger partial charge on any atom is 0.267 e. The summed E-state index contributed by atoms with van der Waals surface area (Å²) in [5.74, 6) is 1.23. The topological polar surface area (TPSA) is 129 Å². The molecule has 0 saturated heterocycles. The Morgan fingerprint density at radius 2 is 2.00 bits per heavy atom. The lowest BCUT2D eigenvalue weighted by Crippen LogP contribution is -2.26. The predicted octanol–water partition coefficient (Wildman–Crippen LogP) is 2.64. The maximum absolute atomic E-state index is 12.8. The molecule has 9 nitrogen and oxygen atoms in total. The average molecular weight is 444 g/mol. The molecule has 0 radical (unpaired) electrons. The lowest BCUT2D eigenvalue weighted by atomic mass is 10.0. The number of nitrogen functional groups attached to an aromatic ring is 2. The summed E-state index contributed by atoms with van der Waals surface area (Å²) in [6.07, 6.45) is 6.89. The molecule has 2 aromatic carbocycles. The highest BCUT2D eigenvalue weighted by molar-refractivity contribution is 5.94. The zero-order chi connectivity index (χ0) is 23.4. The molecule has 3 aromatic rings. The van der Waals surface area contributed by atoms with E-state index in [4.69, 9.17) is 20.9 Å². The Hall–Kier alpha value is -4.40. The second-order valence-electron chi connectivity index (χ2n) is 7.41. The van der Waals surface area contributed by atoms with Gasteiger partial charge in [0.25, 0.3) is 5.91 Å². The van der Waals surface area contributed by atoms with Crippen molar-refractivity contribution in [2.45, 2.75) is 13.0 Å². The van der Waals surface area contributed by atoms with E-state index in [1.807, 2.05) is 36.4 Å². The van der Waals surface area contributed by atoms with Gasteiger partial charge in [0.1, 0.15) is 5.82 Å². The number of methoxy groups -OCH3 is 2. The number of nitrogens with two attached hydrogens (primary N) is 2. The van der Waals surface area contributed by atoms with Crippen molar-refractivity contribution in [1.29, 1.82) is 0 Å². The quantitative estimate of drug-likeness (QED) is 0.559. The largest absolute Gasteiger partial charge is 0.493 e. The van der Waals surface area contributed by atoms with Crippen LogP contribution in [0, 0.1) is 0 Å². The van der Waals surface area contributed by atoms with Gasteiger partial charge in [-0.15, -0.1) is 0 Å². The summed E-state index contributed by atoms with van der Waals surface area (Å²) in [5.41, 5.74) is 15.9. The smallest absolute Gasteiger partial charge is 0.267 e. The lowest BCUT2D eigenvalue weighted by Gasteiger charge is -2.20. The Morgan fingerprint density at radius 3 is 2.76 bits per heavy atom. The van der Waals surface area contributed by atoms with Crippen LogP contribution in [0.4, 0.5) is 11.8 Å². The van der Waals surface area contributed by atoms with E-state index < -0.39 is 0 Å². The third-order valence-electron chi connectivity index (χ3n) is 5.25. The van der Waals surface area contributed by atoms with Crippen molar-refractivity contribution in [3.63, 3.8) is 0 Å². The number of ether oxygens (including phenoxy) is 2. The molecule has 4 N–H and O–H groups in total. The van der Waals surface area contributed by atoms with Crippen LogP contribution < -0.4 is 20.9 Å². The van der Waals surface area contributed by atoms with Crippen LogP contribution >= 0.6 is 0 Å². The molecule has 1 amide bonds. The first-order valence-corrected chi connectivity index (χ1v) is 10.2. The predicted molar refractivity (Wildman–Crippen MR) is 127 cm³/mol. The van der Waals surface area contributed by atoms with Gasteiger partial charge < -0.3 is 20.9 Å². The van der Waals surface area contributed by atoms with E-state index >= 15 is 0 Å². The zero-order valence-electron chi connectivity index (χ0n) is 18.4. The summed E-state index contributed by atoms with van der Waals surface area (Å²) >= 11 is 0. The van der Waals surface area contributed by atoms with Crippen LogP contribution in [0.25, 0.3) is 6.08 Å². The Kier molecular flexibility index (Phi) is 6.21. The monoisotopic (exact) mass is 444 g/mol. The number of benzene rings is 2. The van der Waals surface area contributed by atoms with Crippen molar-refractivity contribution in [3.8, 4) is 11.5 Å². The molecule has 0 fully saturated rings. The number of carbonyl (C=O) groups is 1. The van der Waals surface area contributed by atoms with E-state index in [9.17, 15) is 4.79 Å². The molecular weight excluding hydrogens is 420 g/mol. The third-order valence-corrected chi connectivity index (χ3v) is 5.25. The van der Waals surface area contributed by atoms with Gasteiger partial charge in [-0.3, -0.25) is 4.79 Å². The molecule has 0 aliphatic carbocycles. The molecule has 2 heterocycles. The number of hydrogen-bond donors (Lipinski definition) is 2. The van der Waals surface area contributed by atoms with Gasteiger partial charge in [0.15, 0.2) is 11.5 Å². The Morgan fingerprint density at radius 1 is 1.18 bits per heavy atom. The SMILES string of the molecule is COc1cc(Cc2cnc(N)nc2N)cc(/C=C/C(=O)N2Cc3ccccc3C=N2)c1OC. The molecule has 1 aliphatic heterocycles. The minimum Gasteiger partial charge on any atom is -0.493 e. The van der Waals surface area contributed by atoms with Gasteiger partial charge in [-0.05, 0) is 34.9 Å². The molecular formula is C24H24N6O3. The van der Waals surface area contributed by atoms with Crippen molar-refractivity contribution in [2.75, 3.05) is 25.7 Å². The Balaban J connectivity index is 1.60. The lowest BCUT2D eigenvalue weighted by molar-refractivity contribution is -0.126. The molecule has 33 heavy (non-hydrogen) atoms. The van der Waals surface area contributed by atoms with Gasteiger partial charge >= 0.3 is 0 Å². The fourth-order valence-corrected chi connectivity index (χ4v) is 3.59. The molecule has 0 unspecified atom stereocenters. The van der Waals surface area contributed by atoms with Crippen LogP contribution in [0.15, 0.2) is 53.8 Å². The van der Waals surface area contributed by atoms with Crippen molar-refractivity contribution >= 4 is 30.0 Å². The standard InChI is InChI=1S/C24H24N6O3/c1-32-20-11-15(10-19-12-27-24(26)29-23(19)25)9-16(22(20)33-2)7-8-21(31)30-14-18-6-4-3-5-17(18)13-28-30/h3-9,11-13H,10,14H2,1-2H3,(H4,25,26,27,29)/b8-7+. The molecule has 9 heteroatoms. The van der Waals surface area contributed by atoms with E-state index in [0.29, 0.717) is 35.8 Å². The van der Waals surface area contributed by atoms with Crippen molar-refractivity contribution in [2.24, 2.45) is 5.10 Å². The van der Waals surface area contributed by atoms with E-state index in [0.717, 1.165) is 22.3 Å². The highest BCUT2D eigenvalue weighted by Gasteiger charge is 2.17. The Bertz CT molecular complexity index is 1250. The molecule has 0 bridgehead atoms. The number of hydrazone groups is 1. The number of rotatable bonds is 6. The van der Waals surface area contributed by atoms with E-state index in [-0.39, 0.29) is 11.9 Å². The number of aromatic nitrogens is 2. The summed E-state index contributed by atoms with van der Waals surface area (Å²) in [6.45, 7) is 0.409. The third kappa shape index (κ3) is 4.77. The summed E-state index contributed by atoms with van der Waals surface area (Å²) in [5, 5.41) is 5.68. The minimum atomic E-state index is -0.247. The molecule has 4 rings (SSSR count). The molecule has 1 aliphatic rings. The molecule has 0 saturated carbocycles. The van der Waals surface area contributed by atoms with E-state index in [2.05, 4.69) is 15.1 Å². The molecule has 168 valence electrons. The van der Waals surface area contributed by atoms with Gasteiger partial charge in [-0.1, -0.05) is 24.3 Å². The fourth-order valence-electron chi connectivity index (χ4n) is 3.59. The number of amides is 1. The first-order chi connectivity index (χ1) is 16.0. The van der Waals surface area contributed by atoms with Crippen LogP contribution in [0.5, 0.6) is 11.5 Å².